The number of aromatic nitrogens is 1. The molecule has 3 N–H and O–H groups in total. The highest BCUT2D eigenvalue weighted by atomic mass is 127. The number of guanidine groups is 1. The van der Waals surface area contributed by atoms with Crippen molar-refractivity contribution in [2.45, 2.75) is 33.0 Å². The summed E-state index contributed by atoms with van der Waals surface area (Å²) in [5.41, 5.74) is -0.442. The number of anilines is 1. The molecule has 6 nitrogen and oxygen atoms in total. The maximum absolute atomic E-state index is 13.2. The summed E-state index contributed by atoms with van der Waals surface area (Å²) in [5.74, 6) is -0.545. The number of carbonyl (C=O) groups excluding carboxylic acids is 1. The molecule has 1 amide bonds. The molecule has 0 bridgehead atoms. The van der Waals surface area contributed by atoms with E-state index in [1.807, 2.05) is 13.0 Å². The Bertz CT molecular complexity index is 905. The van der Waals surface area contributed by atoms with Crippen LogP contribution in [0.2, 0.25) is 0 Å². The summed E-state index contributed by atoms with van der Waals surface area (Å²) in [4.78, 5) is 20.3. The fourth-order valence-electron chi connectivity index (χ4n) is 2.57. The number of rotatable bonds is 7. The Morgan fingerprint density at radius 3 is 2.55 bits per heavy atom. The second-order valence-corrected chi connectivity index (χ2v) is 6.38. The molecule has 0 aliphatic heterocycles. The molecule has 0 unspecified atom stereocenters. The second-order valence-electron chi connectivity index (χ2n) is 6.38. The molecule has 0 spiro atoms. The van der Waals surface area contributed by atoms with Crippen LogP contribution in [0.4, 0.5) is 23.4 Å². The number of pyridine rings is 1. The first-order valence-electron chi connectivity index (χ1n) is 9.30. The van der Waals surface area contributed by atoms with E-state index in [1.54, 1.807) is 19.1 Å². The SMILES string of the molecule is CCNC(=NCc1ccc(F)cc1C(F)(F)F)NCCC(=O)Nc1cccc(C)n1.I. The number of aryl methyl sites for hydroxylation is 1. The number of aliphatic imine (C=N–C) groups is 1. The fraction of sp³-hybridized carbons (Fsp3) is 0.350. The summed E-state index contributed by atoms with van der Waals surface area (Å²) in [6.07, 6.45) is -4.58. The predicted molar refractivity (Wildman–Crippen MR) is 122 cm³/mol. The molecule has 0 aliphatic rings. The normalized spacial score (nSPS) is 11.5. The van der Waals surface area contributed by atoms with E-state index in [-0.39, 0.29) is 60.9 Å². The van der Waals surface area contributed by atoms with Crippen molar-refractivity contribution in [1.82, 2.24) is 15.6 Å². The first kappa shape index (κ1) is 26.6. The number of alkyl halides is 3. The molecular weight excluding hydrogens is 529 g/mol. The summed E-state index contributed by atoms with van der Waals surface area (Å²) >= 11 is 0. The summed E-state index contributed by atoms with van der Waals surface area (Å²) in [6.45, 7) is 3.98. The van der Waals surface area contributed by atoms with Gasteiger partial charge in [-0.1, -0.05) is 12.1 Å². The van der Waals surface area contributed by atoms with Crippen molar-refractivity contribution >= 4 is 41.7 Å². The molecule has 170 valence electrons. The van der Waals surface area contributed by atoms with Crippen molar-refractivity contribution in [3.8, 4) is 0 Å². The Kier molecular flexibility index (Phi) is 10.7. The minimum absolute atomic E-state index is 0. The van der Waals surface area contributed by atoms with Gasteiger partial charge in [0.05, 0.1) is 12.1 Å². The van der Waals surface area contributed by atoms with Crippen molar-refractivity contribution in [2.24, 2.45) is 4.99 Å². The average Bonchev–Trinajstić information content (AvgIpc) is 2.66. The summed E-state index contributed by atoms with van der Waals surface area (Å²) in [7, 11) is 0. The number of amides is 1. The molecule has 1 aromatic carbocycles. The lowest BCUT2D eigenvalue weighted by molar-refractivity contribution is -0.138. The van der Waals surface area contributed by atoms with Gasteiger partial charge in [-0.2, -0.15) is 13.2 Å². The highest BCUT2D eigenvalue weighted by Crippen LogP contribution is 2.32. The highest BCUT2D eigenvalue weighted by molar-refractivity contribution is 14.0. The molecular formula is C20H24F4IN5O. The Balaban J connectivity index is 0.00000480. The van der Waals surface area contributed by atoms with Gasteiger partial charge in [0.2, 0.25) is 5.91 Å². The molecule has 1 heterocycles. The van der Waals surface area contributed by atoms with E-state index in [4.69, 9.17) is 0 Å². The van der Waals surface area contributed by atoms with Crippen LogP contribution < -0.4 is 16.0 Å². The van der Waals surface area contributed by atoms with Crippen LogP contribution in [-0.2, 0) is 17.5 Å². The molecule has 0 saturated carbocycles. The Morgan fingerprint density at radius 1 is 1.16 bits per heavy atom. The maximum Gasteiger partial charge on any atom is 0.416 e. The summed E-state index contributed by atoms with van der Waals surface area (Å²) < 4.78 is 52.5. The van der Waals surface area contributed by atoms with Gasteiger partial charge in [-0.05, 0) is 43.7 Å². The number of hydrogen-bond acceptors (Lipinski definition) is 3. The second kappa shape index (κ2) is 12.4. The van der Waals surface area contributed by atoms with Crippen LogP contribution in [0, 0.1) is 12.7 Å². The Labute approximate surface area is 195 Å². The molecule has 0 radical (unpaired) electrons. The van der Waals surface area contributed by atoms with E-state index in [9.17, 15) is 22.4 Å². The summed E-state index contributed by atoms with van der Waals surface area (Å²) in [6, 6.07) is 7.73. The van der Waals surface area contributed by atoms with E-state index in [2.05, 4.69) is 25.9 Å². The minimum Gasteiger partial charge on any atom is -0.357 e. The largest absolute Gasteiger partial charge is 0.416 e. The van der Waals surface area contributed by atoms with Crippen molar-refractivity contribution in [1.29, 1.82) is 0 Å². The molecule has 2 rings (SSSR count). The van der Waals surface area contributed by atoms with E-state index in [0.717, 1.165) is 17.8 Å². The number of halogens is 5. The van der Waals surface area contributed by atoms with Gasteiger partial charge in [-0.25, -0.2) is 14.4 Å². The summed E-state index contributed by atoms with van der Waals surface area (Å²) in [5, 5.41) is 8.45. The molecule has 1 aromatic heterocycles. The third-order valence-electron chi connectivity index (χ3n) is 3.93. The van der Waals surface area contributed by atoms with E-state index in [0.29, 0.717) is 18.4 Å². The fourth-order valence-corrected chi connectivity index (χ4v) is 2.57. The topological polar surface area (TPSA) is 78.4 Å². The molecule has 0 aliphatic carbocycles. The van der Waals surface area contributed by atoms with Crippen LogP contribution >= 0.6 is 24.0 Å². The zero-order chi connectivity index (χ0) is 22.1. The van der Waals surface area contributed by atoms with Crippen LogP contribution in [0.3, 0.4) is 0 Å². The van der Waals surface area contributed by atoms with Gasteiger partial charge < -0.3 is 16.0 Å². The number of carbonyl (C=O) groups is 1. The van der Waals surface area contributed by atoms with Crippen molar-refractivity contribution in [3.63, 3.8) is 0 Å². The third-order valence-corrected chi connectivity index (χ3v) is 3.93. The van der Waals surface area contributed by atoms with Gasteiger partial charge in [0.25, 0.3) is 0 Å². The average molecular weight is 553 g/mol. The van der Waals surface area contributed by atoms with Crippen LogP contribution in [0.5, 0.6) is 0 Å². The molecule has 0 fully saturated rings. The smallest absolute Gasteiger partial charge is 0.357 e. The Hall–Kier alpha value is -2.44. The lowest BCUT2D eigenvalue weighted by atomic mass is 10.1. The lowest BCUT2D eigenvalue weighted by Crippen LogP contribution is -2.38. The van der Waals surface area contributed by atoms with E-state index < -0.39 is 17.6 Å². The first-order valence-corrected chi connectivity index (χ1v) is 9.30. The number of benzene rings is 1. The van der Waals surface area contributed by atoms with Gasteiger partial charge in [0.1, 0.15) is 11.6 Å². The standard InChI is InChI=1S/C20H23F4N5O.HI/c1-3-25-19(26-10-9-18(30)29-17-6-4-5-13(2)28-17)27-12-14-7-8-15(21)11-16(14)20(22,23)24;/h4-8,11H,3,9-10,12H2,1-2H3,(H2,25,26,27)(H,28,29,30);1H. The quantitative estimate of drug-likeness (QED) is 0.208. The zero-order valence-electron chi connectivity index (χ0n) is 17.0. The van der Waals surface area contributed by atoms with Crippen LogP contribution in [0.15, 0.2) is 41.4 Å². The van der Waals surface area contributed by atoms with Crippen LogP contribution in [0.25, 0.3) is 0 Å². The zero-order valence-corrected chi connectivity index (χ0v) is 19.3. The van der Waals surface area contributed by atoms with Gasteiger partial charge >= 0.3 is 6.18 Å². The van der Waals surface area contributed by atoms with Crippen LogP contribution in [-0.4, -0.2) is 29.9 Å². The maximum atomic E-state index is 13.2. The minimum atomic E-state index is -4.68. The molecule has 0 saturated heterocycles. The van der Waals surface area contributed by atoms with E-state index >= 15 is 0 Å². The number of nitrogens with zero attached hydrogens (tertiary/aromatic N) is 2. The molecule has 31 heavy (non-hydrogen) atoms. The molecule has 2 aromatic rings. The van der Waals surface area contributed by atoms with Gasteiger partial charge in [0.15, 0.2) is 5.96 Å². The third kappa shape index (κ3) is 9.07. The van der Waals surface area contributed by atoms with Crippen molar-refractivity contribution in [2.75, 3.05) is 18.4 Å². The van der Waals surface area contributed by atoms with E-state index in [1.165, 1.54) is 0 Å². The van der Waals surface area contributed by atoms with Gasteiger partial charge in [-0.15, -0.1) is 24.0 Å². The number of hydrogen-bond donors (Lipinski definition) is 3. The predicted octanol–water partition coefficient (Wildman–Crippen LogP) is 4.25. The van der Waals surface area contributed by atoms with Gasteiger partial charge in [-0.3, -0.25) is 4.79 Å². The first-order chi connectivity index (χ1) is 14.2. The Morgan fingerprint density at radius 2 is 1.90 bits per heavy atom. The van der Waals surface area contributed by atoms with Gasteiger partial charge in [0, 0.05) is 25.2 Å². The highest BCUT2D eigenvalue weighted by Gasteiger charge is 2.33. The molecule has 11 heteroatoms. The van der Waals surface area contributed by atoms with Crippen molar-refractivity contribution < 1.29 is 22.4 Å². The lowest BCUT2D eigenvalue weighted by Gasteiger charge is -2.14. The monoisotopic (exact) mass is 553 g/mol. The van der Waals surface area contributed by atoms with Crippen molar-refractivity contribution in [3.05, 3.63) is 59.0 Å². The van der Waals surface area contributed by atoms with Crippen LogP contribution in [0.1, 0.15) is 30.2 Å². The number of nitrogens with one attached hydrogen (secondary N) is 3. The molecule has 0 atom stereocenters.